The van der Waals surface area contributed by atoms with Crippen molar-refractivity contribution in [2.45, 2.75) is 103 Å². The molecule has 266 valence electrons. The van der Waals surface area contributed by atoms with Crippen LogP contribution in [0.4, 0.5) is 0 Å². The Labute approximate surface area is 274 Å². The Morgan fingerprint density at radius 1 is 0.667 bits per heavy atom. The normalized spacial score (nSPS) is 28.2. The Bertz CT molecular complexity index is 1340. The van der Waals surface area contributed by atoms with E-state index in [1.807, 2.05) is 0 Å². The summed E-state index contributed by atoms with van der Waals surface area (Å²) in [6.07, 6.45) is -13.2. The summed E-state index contributed by atoms with van der Waals surface area (Å²) in [7, 11) is 0. The summed E-state index contributed by atoms with van der Waals surface area (Å²) in [5.74, 6) is -6.10. The van der Waals surface area contributed by atoms with E-state index in [2.05, 4.69) is 0 Å². The van der Waals surface area contributed by atoms with Gasteiger partial charge in [-0.2, -0.15) is 0 Å². The molecule has 18 heteroatoms. The molecular formula is C30H38O18. The first-order chi connectivity index (χ1) is 22.5. The van der Waals surface area contributed by atoms with Gasteiger partial charge in [0.25, 0.3) is 0 Å². The molecule has 48 heavy (non-hydrogen) atoms. The average molecular weight is 687 g/mol. The maximum atomic E-state index is 12.3. The van der Waals surface area contributed by atoms with E-state index < -0.39 is 116 Å². The minimum atomic E-state index is -1.70. The van der Waals surface area contributed by atoms with Crippen molar-refractivity contribution in [3.05, 3.63) is 18.2 Å². The molecule has 3 rings (SSSR count). The summed E-state index contributed by atoms with van der Waals surface area (Å²) < 4.78 is 56.0. The van der Waals surface area contributed by atoms with Gasteiger partial charge >= 0.3 is 35.8 Å². The topological polar surface area (TPSA) is 235 Å². The minimum absolute atomic E-state index is 0.188. The zero-order chi connectivity index (χ0) is 35.7. The van der Waals surface area contributed by atoms with E-state index in [1.54, 1.807) is 0 Å². The quantitative estimate of drug-likeness (QED) is 0.173. The third-order valence-corrected chi connectivity index (χ3v) is 6.73. The largest absolute Gasteiger partial charge is 0.504 e. The molecule has 2 saturated heterocycles. The second kappa shape index (κ2) is 16.9. The molecule has 0 amide bonds. The second-order valence-corrected chi connectivity index (χ2v) is 10.7. The highest BCUT2D eigenvalue weighted by molar-refractivity contribution is 5.69. The van der Waals surface area contributed by atoms with Gasteiger partial charge in [-0.3, -0.25) is 28.8 Å². The van der Waals surface area contributed by atoms with Gasteiger partial charge in [-0.25, -0.2) is 0 Å². The van der Waals surface area contributed by atoms with Crippen LogP contribution < -0.4 is 4.74 Å². The zero-order valence-electron chi connectivity index (χ0n) is 27.0. The van der Waals surface area contributed by atoms with E-state index >= 15 is 0 Å². The Morgan fingerprint density at radius 3 is 1.73 bits per heavy atom. The van der Waals surface area contributed by atoms with Gasteiger partial charge in [-0.05, 0) is 12.1 Å². The molecule has 0 bridgehead atoms. The molecule has 1 aromatic carbocycles. The fourth-order valence-electron chi connectivity index (χ4n) is 5.00. The molecule has 0 saturated carbocycles. The van der Waals surface area contributed by atoms with Gasteiger partial charge in [0.2, 0.25) is 12.0 Å². The van der Waals surface area contributed by atoms with E-state index in [-0.39, 0.29) is 12.2 Å². The van der Waals surface area contributed by atoms with E-state index in [4.69, 9.17) is 47.4 Å². The van der Waals surface area contributed by atoms with Gasteiger partial charge in [0.1, 0.15) is 37.6 Å². The van der Waals surface area contributed by atoms with Crippen LogP contribution in [-0.2, 0) is 71.4 Å². The second-order valence-electron chi connectivity index (χ2n) is 10.7. The fourth-order valence-corrected chi connectivity index (χ4v) is 5.00. The molecule has 18 nitrogen and oxygen atoms in total. The number of phenolic OH excluding ortho intramolecular Hbond substituents is 2. The zero-order valence-corrected chi connectivity index (χ0v) is 27.0. The summed E-state index contributed by atoms with van der Waals surface area (Å²) >= 11 is 0. The number of carbonyl (C=O) groups is 6. The summed E-state index contributed by atoms with van der Waals surface area (Å²) in [5.41, 5.74) is 0. The van der Waals surface area contributed by atoms with Crippen molar-refractivity contribution in [2.75, 3.05) is 13.2 Å². The lowest BCUT2D eigenvalue weighted by Crippen LogP contribution is -2.65. The van der Waals surface area contributed by atoms with Crippen molar-refractivity contribution in [1.82, 2.24) is 0 Å². The minimum Gasteiger partial charge on any atom is -0.504 e. The molecule has 0 radical (unpaired) electrons. The Hall–Kier alpha value is -4.68. The molecule has 0 spiro atoms. The van der Waals surface area contributed by atoms with Gasteiger partial charge in [-0.15, -0.1) is 0 Å². The van der Waals surface area contributed by atoms with Crippen LogP contribution in [0.1, 0.15) is 48.0 Å². The molecule has 0 aromatic heterocycles. The lowest BCUT2D eigenvalue weighted by Gasteiger charge is -2.47. The predicted octanol–water partition coefficient (Wildman–Crippen LogP) is 0.555. The van der Waals surface area contributed by atoms with Crippen molar-refractivity contribution < 1.29 is 86.3 Å². The highest BCUT2D eigenvalue weighted by Gasteiger charge is 2.55. The molecule has 2 N–H and O–H groups in total. The standard InChI is InChI=1S/C30H38O18/c1-13(31)39-11-22-26(21(41-15(3)33)10-24(46-22)45-20-9-7-8-19(37)25(20)38)48-30-29(44-18(6)36)28(43-17(5)35)27(42-16(4)34)23(47-30)12-40-14(2)32/h7-9,21-24,26-30,37-38H,10-12H2,1-6H3/t21-,22-,23-,24-,26+,27-,28+,29-,30-/m1/s1. The number of hydrogen-bond donors (Lipinski definition) is 2. The van der Waals surface area contributed by atoms with Crippen molar-refractivity contribution in [3.8, 4) is 17.2 Å². The summed E-state index contributed by atoms with van der Waals surface area (Å²) in [6, 6.07) is 3.94. The monoisotopic (exact) mass is 686 g/mol. The van der Waals surface area contributed by atoms with Gasteiger partial charge in [0.15, 0.2) is 36.1 Å². The van der Waals surface area contributed by atoms with E-state index in [0.29, 0.717) is 0 Å². The number of aromatic hydroxyl groups is 2. The highest BCUT2D eigenvalue weighted by atomic mass is 16.8. The Kier molecular flexibility index (Phi) is 13.3. The highest BCUT2D eigenvalue weighted by Crippen LogP contribution is 2.38. The van der Waals surface area contributed by atoms with Gasteiger partial charge in [-0.1, -0.05) is 6.07 Å². The summed E-state index contributed by atoms with van der Waals surface area (Å²) in [6.45, 7) is 5.46. The van der Waals surface area contributed by atoms with Crippen LogP contribution >= 0.6 is 0 Å². The molecule has 9 atom stereocenters. The van der Waals surface area contributed by atoms with E-state index in [0.717, 1.165) is 41.5 Å². The number of benzene rings is 1. The molecule has 0 unspecified atom stereocenters. The summed E-state index contributed by atoms with van der Waals surface area (Å²) in [5, 5.41) is 20.1. The fraction of sp³-hybridized carbons (Fsp3) is 0.600. The molecule has 2 fully saturated rings. The van der Waals surface area contributed by atoms with Crippen molar-refractivity contribution in [1.29, 1.82) is 0 Å². The molecule has 2 aliphatic heterocycles. The number of para-hydroxylation sites is 1. The predicted molar refractivity (Wildman–Crippen MR) is 153 cm³/mol. The Balaban J connectivity index is 2.05. The number of hydrogen-bond acceptors (Lipinski definition) is 18. The number of carbonyl (C=O) groups excluding carboxylic acids is 6. The van der Waals surface area contributed by atoms with Crippen LogP contribution in [0.3, 0.4) is 0 Å². The van der Waals surface area contributed by atoms with Crippen LogP contribution in [0.25, 0.3) is 0 Å². The van der Waals surface area contributed by atoms with Gasteiger partial charge in [0.05, 0.1) is 0 Å². The summed E-state index contributed by atoms with van der Waals surface area (Å²) in [4.78, 5) is 72.3. The number of phenols is 2. The lowest BCUT2D eigenvalue weighted by atomic mass is 9.97. The van der Waals surface area contributed by atoms with Crippen LogP contribution in [0.5, 0.6) is 17.2 Å². The van der Waals surface area contributed by atoms with Gasteiger partial charge < -0.3 is 57.6 Å². The van der Waals surface area contributed by atoms with Crippen LogP contribution in [-0.4, -0.2) is 115 Å². The van der Waals surface area contributed by atoms with E-state index in [9.17, 15) is 39.0 Å². The maximum absolute atomic E-state index is 12.3. The first-order valence-electron chi connectivity index (χ1n) is 14.6. The SMILES string of the molecule is CC(=O)OC[C@H]1O[C@@H](Oc2cccc(O)c2O)C[C@@H](OC(C)=O)[C@@H]1O[C@H]1O[C@H](COC(C)=O)[C@@H](OC(C)=O)[C@H](OC(C)=O)[C@H]1OC(C)=O. The maximum Gasteiger partial charge on any atom is 0.303 e. The number of ether oxygens (including phenoxy) is 10. The van der Waals surface area contributed by atoms with Crippen molar-refractivity contribution in [3.63, 3.8) is 0 Å². The van der Waals surface area contributed by atoms with Crippen molar-refractivity contribution >= 4 is 35.8 Å². The molecule has 0 aliphatic carbocycles. The lowest BCUT2D eigenvalue weighted by molar-refractivity contribution is -0.343. The smallest absolute Gasteiger partial charge is 0.303 e. The molecule has 1 aromatic rings. The number of esters is 6. The Morgan fingerprint density at radius 2 is 1.19 bits per heavy atom. The molecule has 2 aliphatic rings. The number of rotatable bonds is 12. The van der Waals surface area contributed by atoms with Crippen molar-refractivity contribution in [2.24, 2.45) is 0 Å². The average Bonchev–Trinajstić information content (AvgIpc) is 2.96. The van der Waals surface area contributed by atoms with E-state index in [1.165, 1.54) is 18.2 Å². The van der Waals surface area contributed by atoms with Crippen LogP contribution in [0, 0.1) is 0 Å². The van der Waals surface area contributed by atoms with Crippen LogP contribution in [0.2, 0.25) is 0 Å². The molecule has 2 heterocycles. The van der Waals surface area contributed by atoms with Gasteiger partial charge in [0, 0.05) is 48.0 Å². The first kappa shape index (κ1) is 37.8. The first-order valence-corrected chi connectivity index (χ1v) is 14.6. The third kappa shape index (κ3) is 10.7. The molecular weight excluding hydrogens is 648 g/mol. The van der Waals surface area contributed by atoms with Crippen LogP contribution in [0.15, 0.2) is 18.2 Å². The third-order valence-electron chi connectivity index (χ3n) is 6.73.